The lowest BCUT2D eigenvalue weighted by Crippen LogP contribution is -2.00. The summed E-state index contributed by atoms with van der Waals surface area (Å²) in [6.07, 6.45) is 4.11. The van der Waals surface area contributed by atoms with Crippen LogP contribution in [0.1, 0.15) is 24.5 Å². The molecular weight excluding hydrogens is 280 g/mol. The number of rotatable bonds is 2. The third kappa shape index (κ3) is 2.15. The smallest absolute Gasteiger partial charge is 0.181 e. The summed E-state index contributed by atoms with van der Waals surface area (Å²) < 4.78 is 0.882. The predicted molar refractivity (Wildman–Crippen MR) is 69.4 cm³/mol. The predicted octanol–water partition coefficient (Wildman–Crippen LogP) is 2.76. The quantitative estimate of drug-likeness (QED) is 0.924. The summed E-state index contributed by atoms with van der Waals surface area (Å²) in [7, 11) is 0. The molecule has 1 aliphatic rings. The Morgan fingerprint density at radius 3 is 2.82 bits per heavy atom. The maximum Gasteiger partial charge on any atom is 0.181 e. The minimum absolute atomic E-state index is 0.509. The molecule has 2 heterocycles. The van der Waals surface area contributed by atoms with Crippen LogP contribution < -0.4 is 5.73 Å². The molecule has 2 aromatic rings. The van der Waals surface area contributed by atoms with E-state index in [1.807, 2.05) is 18.2 Å². The van der Waals surface area contributed by atoms with Crippen LogP contribution in [0.2, 0.25) is 0 Å². The largest absolute Gasteiger partial charge is 0.384 e. The molecule has 0 aliphatic heterocycles. The van der Waals surface area contributed by atoms with Gasteiger partial charge in [0.2, 0.25) is 0 Å². The molecule has 1 saturated carbocycles. The lowest BCUT2D eigenvalue weighted by Gasteiger charge is -2.05. The number of nitrogens with zero attached hydrogens (tertiary/aromatic N) is 3. The Kier molecular flexibility index (Phi) is 2.55. The van der Waals surface area contributed by atoms with Crippen molar-refractivity contribution in [2.24, 2.45) is 0 Å². The highest BCUT2D eigenvalue weighted by Gasteiger charge is 2.26. The maximum atomic E-state index is 5.82. The molecule has 17 heavy (non-hydrogen) atoms. The van der Waals surface area contributed by atoms with Crippen molar-refractivity contribution < 1.29 is 0 Å². The van der Waals surface area contributed by atoms with Gasteiger partial charge in [0.25, 0.3) is 0 Å². The molecule has 2 N–H and O–H groups in total. The Morgan fingerprint density at radius 1 is 1.29 bits per heavy atom. The summed E-state index contributed by atoms with van der Waals surface area (Å²) in [6, 6.07) is 5.64. The van der Waals surface area contributed by atoms with Crippen LogP contribution in [0, 0.1) is 0 Å². The van der Waals surface area contributed by atoms with E-state index in [1.54, 1.807) is 6.20 Å². The molecule has 0 bridgehead atoms. The zero-order valence-electron chi connectivity index (χ0n) is 9.10. The molecular formula is C12H11BrN4. The van der Waals surface area contributed by atoms with E-state index in [9.17, 15) is 0 Å². The number of nitrogen functional groups attached to an aromatic ring is 1. The zero-order chi connectivity index (χ0) is 11.8. The summed E-state index contributed by atoms with van der Waals surface area (Å²) in [5, 5.41) is 0. The zero-order valence-corrected chi connectivity index (χ0v) is 10.7. The Bertz CT molecular complexity index is 566. The monoisotopic (exact) mass is 290 g/mol. The van der Waals surface area contributed by atoms with Gasteiger partial charge in [0.15, 0.2) is 5.82 Å². The van der Waals surface area contributed by atoms with Crippen molar-refractivity contribution >= 4 is 21.7 Å². The van der Waals surface area contributed by atoms with Gasteiger partial charge in [-0.2, -0.15) is 0 Å². The number of aromatic nitrogens is 3. The minimum Gasteiger partial charge on any atom is -0.384 e. The number of halogens is 1. The Morgan fingerprint density at radius 2 is 2.12 bits per heavy atom. The first-order chi connectivity index (χ1) is 8.24. The van der Waals surface area contributed by atoms with Crippen LogP contribution in [0.15, 0.2) is 28.9 Å². The van der Waals surface area contributed by atoms with E-state index < -0.39 is 0 Å². The van der Waals surface area contributed by atoms with Crippen LogP contribution in [0.5, 0.6) is 0 Å². The van der Waals surface area contributed by atoms with Crippen molar-refractivity contribution in [1.29, 1.82) is 0 Å². The van der Waals surface area contributed by atoms with E-state index in [0.29, 0.717) is 17.6 Å². The fourth-order valence-electron chi connectivity index (χ4n) is 1.73. The molecule has 0 radical (unpaired) electrons. The second-order valence-electron chi connectivity index (χ2n) is 4.15. The van der Waals surface area contributed by atoms with Gasteiger partial charge in [-0.05, 0) is 40.9 Å². The average molecular weight is 291 g/mol. The standard InChI is InChI=1S/C12H11BrN4/c13-8-2-1-5-15-11(8)12-16-9(7-3-4-7)6-10(14)17-12/h1-2,5-7H,3-4H2,(H2,14,16,17). The van der Waals surface area contributed by atoms with E-state index in [1.165, 1.54) is 12.8 Å². The van der Waals surface area contributed by atoms with Crippen molar-refractivity contribution in [3.05, 3.63) is 34.6 Å². The third-order valence-electron chi connectivity index (χ3n) is 2.73. The Balaban J connectivity index is 2.11. The van der Waals surface area contributed by atoms with Crippen molar-refractivity contribution in [1.82, 2.24) is 15.0 Å². The second kappa shape index (κ2) is 4.07. The van der Waals surface area contributed by atoms with Crippen LogP contribution in [-0.2, 0) is 0 Å². The highest BCUT2D eigenvalue weighted by molar-refractivity contribution is 9.10. The summed E-state index contributed by atoms with van der Waals surface area (Å²) in [4.78, 5) is 13.1. The topological polar surface area (TPSA) is 64.7 Å². The molecule has 1 aliphatic carbocycles. The molecule has 0 aromatic carbocycles. The van der Waals surface area contributed by atoms with Gasteiger partial charge < -0.3 is 5.73 Å². The summed E-state index contributed by atoms with van der Waals surface area (Å²) in [6.45, 7) is 0. The van der Waals surface area contributed by atoms with E-state index in [0.717, 1.165) is 15.9 Å². The molecule has 0 saturated heterocycles. The molecule has 0 atom stereocenters. The Hall–Kier alpha value is -1.49. The number of hydrogen-bond donors (Lipinski definition) is 1. The van der Waals surface area contributed by atoms with Gasteiger partial charge in [0, 0.05) is 28.3 Å². The molecule has 86 valence electrons. The Labute approximate surface area is 107 Å². The molecule has 4 nitrogen and oxygen atoms in total. The molecule has 0 amide bonds. The summed E-state index contributed by atoms with van der Waals surface area (Å²) in [5.41, 5.74) is 7.59. The maximum absolute atomic E-state index is 5.82. The minimum atomic E-state index is 0.509. The highest BCUT2D eigenvalue weighted by atomic mass is 79.9. The first-order valence-corrected chi connectivity index (χ1v) is 6.28. The second-order valence-corrected chi connectivity index (χ2v) is 5.00. The van der Waals surface area contributed by atoms with Gasteiger partial charge in [-0.3, -0.25) is 4.98 Å². The van der Waals surface area contributed by atoms with Crippen LogP contribution in [0.25, 0.3) is 11.5 Å². The lowest BCUT2D eigenvalue weighted by molar-refractivity contribution is 0.990. The molecule has 1 fully saturated rings. The van der Waals surface area contributed by atoms with Crippen LogP contribution >= 0.6 is 15.9 Å². The van der Waals surface area contributed by atoms with Gasteiger partial charge in [-0.1, -0.05) is 0 Å². The van der Waals surface area contributed by atoms with Crippen LogP contribution in [-0.4, -0.2) is 15.0 Å². The number of nitrogens with two attached hydrogens (primary N) is 1. The van der Waals surface area contributed by atoms with E-state index in [2.05, 4.69) is 30.9 Å². The first kappa shape index (κ1) is 10.7. The van der Waals surface area contributed by atoms with Gasteiger partial charge in [-0.15, -0.1) is 0 Å². The lowest BCUT2D eigenvalue weighted by atomic mass is 10.2. The number of anilines is 1. The molecule has 5 heteroatoms. The molecule has 0 spiro atoms. The van der Waals surface area contributed by atoms with Gasteiger partial charge >= 0.3 is 0 Å². The SMILES string of the molecule is Nc1cc(C2CC2)nc(-c2ncccc2Br)n1. The number of hydrogen-bond acceptors (Lipinski definition) is 4. The van der Waals surface area contributed by atoms with E-state index in [-0.39, 0.29) is 0 Å². The van der Waals surface area contributed by atoms with Crippen molar-refractivity contribution in [2.45, 2.75) is 18.8 Å². The first-order valence-electron chi connectivity index (χ1n) is 5.49. The molecule has 3 rings (SSSR count). The summed E-state index contributed by atoms with van der Waals surface area (Å²) >= 11 is 3.45. The van der Waals surface area contributed by atoms with Gasteiger partial charge in [0.05, 0.1) is 0 Å². The molecule has 2 aromatic heterocycles. The van der Waals surface area contributed by atoms with E-state index >= 15 is 0 Å². The number of pyridine rings is 1. The summed E-state index contributed by atoms with van der Waals surface area (Å²) in [5.74, 6) is 1.66. The van der Waals surface area contributed by atoms with Crippen LogP contribution in [0.3, 0.4) is 0 Å². The molecule has 0 unspecified atom stereocenters. The fraction of sp³-hybridized carbons (Fsp3) is 0.250. The highest BCUT2D eigenvalue weighted by Crippen LogP contribution is 2.40. The van der Waals surface area contributed by atoms with E-state index in [4.69, 9.17) is 5.73 Å². The van der Waals surface area contributed by atoms with Crippen molar-refractivity contribution in [2.75, 3.05) is 5.73 Å². The van der Waals surface area contributed by atoms with Gasteiger partial charge in [-0.25, -0.2) is 9.97 Å². The van der Waals surface area contributed by atoms with Crippen molar-refractivity contribution in [3.8, 4) is 11.5 Å². The fourth-order valence-corrected chi connectivity index (χ4v) is 2.16. The third-order valence-corrected chi connectivity index (χ3v) is 3.37. The van der Waals surface area contributed by atoms with Crippen molar-refractivity contribution in [3.63, 3.8) is 0 Å². The normalized spacial score (nSPS) is 14.9. The van der Waals surface area contributed by atoms with Gasteiger partial charge in [0.1, 0.15) is 11.5 Å². The van der Waals surface area contributed by atoms with Crippen LogP contribution in [0.4, 0.5) is 5.82 Å². The average Bonchev–Trinajstić information content (AvgIpc) is 3.12.